The highest BCUT2D eigenvalue weighted by Gasteiger charge is 2.13. The first-order chi connectivity index (χ1) is 15.0. The number of hydrogen-bond acceptors (Lipinski definition) is 6. The number of rotatable bonds is 9. The van der Waals surface area contributed by atoms with Crippen molar-refractivity contribution in [2.45, 2.75) is 19.8 Å². The molecule has 0 atom stereocenters. The van der Waals surface area contributed by atoms with Crippen LogP contribution in [0.25, 0.3) is 16.8 Å². The van der Waals surface area contributed by atoms with Gasteiger partial charge in [0.25, 0.3) is 0 Å². The monoisotopic (exact) mass is 425 g/mol. The Morgan fingerprint density at radius 1 is 1.29 bits per heavy atom. The van der Waals surface area contributed by atoms with Crippen molar-refractivity contribution in [2.75, 3.05) is 26.8 Å². The number of ether oxygens (including phenoxy) is 1. The fraction of sp³-hybridized carbons (Fsp3) is 0.304. The van der Waals surface area contributed by atoms with Crippen LogP contribution in [0.3, 0.4) is 0 Å². The molecule has 1 aromatic carbocycles. The topological polar surface area (TPSA) is 111 Å². The summed E-state index contributed by atoms with van der Waals surface area (Å²) < 4.78 is 22.0. The largest absolute Gasteiger partial charge is 0.493 e. The van der Waals surface area contributed by atoms with Crippen LogP contribution in [0.5, 0.6) is 5.75 Å². The van der Waals surface area contributed by atoms with Crippen molar-refractivity contribution < 1.29 is 14.2 Å². The number of benzene rings is 1. The van der Waals surface area contributed by atoms with Gasteiger partial charge in [0.15, 0.2) is 0 Å². The Morgan fingerprint density at radius 3 is 2.81 bits per heavy atom. The van der Waals surface area contributed by atoms with Crippen LogP contribution in [-0.4, -0.2) is 47.0 Å². The molecule has 0 aliphatic heterocycles. The number of imidazole rings is 1. The van der Waals surface area contributed by atoms with Gasteiger partial charge in [-0.25, -0.2) is 9.37 Å². The number of aliphatic imine (C=N–C) groups is 1. The number of aliphatic hydroxyl groups is 1. The van der Waals surface area contributed by atoms with Crippen LogP contribution in [-0.2, 0) is 6.42 Å². The van der Waals surface area contributed by atoms with E-state index in [1.807, 2.05) is 29.7 Å². The summed E-state index contributed by atoms with van der Waals surface area (Å²) in [6, 6.07) is 8.20. The number of aliphatic hydroxyl groups excluding tert-OH is 1. The van der Waals surface area contributed by atoms with Gasteiger partial charge in [0.2, 0.25) is 0 Å². The Morgan fingerprint density at radius 2 is 2.10 bits per heavy atom. The third-order valence-electron chi connectivity index (χ3n) is 5.18. The number of halogens is 1. The lowest BCUT2D eigenvalue weighted by atomic mass is 10.1. The second-order valence-electron chi connectivity index (χ2n) is 7.14. The van der Waals surface area contributed by atoms with Gasteiger partial charge < -0.3 is 25.7 Å². The molecule has 3 rings (SSSR count). The highest BCUT2D eigenvalue weighted by atomic mass is 19.1. The minimum Gasteiger partial charge on any atom is -0.493 e. The molecule has 2 heterocycles. The van der Waals surface area contributed by atoms with Gasteiger partial charge in [-0.05, 0) is 49.4 Å². The van der Waals surface area contributed by atoms with E-state index in [-0.39, 0.29) is 12.4 Å². The molecule has 2 aromatic heterocycles. The molecule has 0 saturated carbocycles. The maximum Gasteiger partial charge on any atom is 0.136 e. The second-order valence-corrected chi connectivity index (χ2v) is 7.14. The van der Waals surface area contributed by atoms with Crippen molar-refractivity contribution in [3.63, 3.8) is 0 Å². The minimum absolute atomic E-state index is 0.250. The van der Waals surface area contributed by atoms with E-state index in [1.165, 1.54) is 12.1 Å². The van der Waals surface area contributed by atoms with Crippen molar-refractivity contribution in [3.05, 3.63) is 65.5 Å². The molecule has 3 aromatic rings. The quantitative estimate of drug-likeness (QED) is 0.457. The smallest absolute Gasteiger partial charge is 0.136 e. The zero-order chi connectivity index (χ0) is 22.4. The molecule has 0 aliphatic carbocycles. The molecule has 0 amide bonds. The predicted octanol–water partition coefficient (Wildman–Crippen LogP) is 2.71. The lowest BCUT2D eigenvalue weighted by Crippen LogP contribution is -2.15. The average molecular weight is 426 g/mol. The van der Waals surface area contributed by atoms with Crippen molar-refractivity contribution in [2.24, 2.45) is 16.5 Å². The molecule has 0 saturated heterocycles. The van der Waals surface area contributed by atoms with Crippen LogP contribution >= 0.6 is 0 Å². The van der Waals surface area contributed by atoms with Crippen molar-refractivity contribution in [1.82, 2.24) is 9.38 Å². The second kappa shape index (κ2) is 10.2. The standard InChI is InChI=1S/C23H28FN5O2/c1-15(27-2)19(21(26)14-30)8-10-31-22-5-4-17(24)11-20(22)16-3-6-23-28-12-18(7-9-25)29(23)13-16/h3-6,11-13,30H,7-10,14,25-26H2,1-2H3. The molecule has 31 heavy (non-hydrogen) atoms. The van der Waals surface area contributed by atoms with Crippen LogP contribution < -0.4 is 16.2 Å². The van der Waals surface area contributed by atoms with Gasteiger partial charge in [0.1, 0.15) is 17.2 Å². The van der Waals surface area contributed by atoms with E-state index in [1.54, 1.807) is 19.3 Å². The summed E-state index contributed by atoms with van der Waals surface area (Å²) in [5.74, 6) is 0.198. The highest BCUT2D eigenvalue weighted by molar-refractivity contribution is 5.98. The van der Waals surface area contributed by atoms with Crippen LogP contribution in [0.2, 0.25) is 0 Å². The fourth-order valence-electron chi connectivity index (χ4n) is 3.44. The van der Waals surface area contributed by atoms with Gasteiger partial charge >= 0.3 is 0 Å². The predicted molar refractivity (Wildman–Crippen MR) is 121 cm³/mol. The molecule has 0 radical (unpaired) electrons. The summed E-state index contributed by atoms with van der Waals surface area (Å²) in [5.41, 5.74) is 16.7. The summed E-state index contributed by atoms with van der Waals surface area (Å²) in [6.07, 6.45) is 4.87. The SMILES string of the molecule is CN=C(C)C(CCOc1ccc(F)cc1-c1ccc2ncc(CCN)n2c1)=C(N)CO. The molecule has 0 fully saturated rings. The van der Waals surface area contributed by atoms with E-state index in [9.17, 15) is 9.50 Å². The molecule has 0 aliphatic rings. The van der Waals surface area contributed by atoms with Crippen molar-refractivity contribution in [3.8, 4) is 16.9 Å². The normalized spacial score (nSPS) is 12.9. The first-order valence-electron chi connectivity index (χ1n) is 10.1. The number of nitrogens with two attached hydrogens (primary N) is 2. The molecule has 0 spiro atoms. The van der Waals surface area contributed by atoms with Gasteiger partial charge in [-0.3, -0.25) is 4.99 Å². The number of nitrogens with zero attached hydrogens (tertiary/aromatic N) is 3. The molecular weight excluding hydrogens is 397 g/mol. The Bertz CT molecular complexity index is 1120. The van der Waals surface area contributed by atoms with E-state index >= 15 is 0 Å². The fourth-order valence-corrected chi connectivity index (χ4v) is 3.44. The van der Waals surface area contributed by atoms with Crippen molar-refractivity contribution in [1.29, 1.82) is 0 Å². The number of fused-ring (bicyclic) bond motifs is 1. The third kappa shape index (κ3) is 5.10. The summed E-state index contributed by atoms with van der Waals surface area (Å²) >= 11 is 0. The van der Waals surface area contributed by atoms with Gasteiger partial charge in [-0.1, -0.05) is 0 Å². The zero-order valence-corrected chi connectivity index (χ0v) is 17.8. The molecular formula is C23H28FN5O2. The van der Waals surface area contributed by atoms with E-state index in [2.05, 4.69) is 9.98 Å². The van der Waals surface area contributed by atoms with Gasteiger partial charge in [0.05, 0.1) is 13.2 Å². The van der Waals surface area contributed by atoms with Crippen molar-refractivity contribution >= 4 is 11.4 Å². The molecule has 8 heteroatoms. The number of pyridine rings is 1. The molecule has 164 valence electrons. The van der Waals surface area contributed by atoms with E-state index < -0.39 is 0 Å². The maximum absolute atomic E-state index is 14.1. The van der Waals surface area contributed by atoms with Crippen LogP contribution in [0, 0.1) is 5.82 Å². The molecule has 0 unspecified atom stereocenters. The Kier molecular flexibility index (Phi) is 7.38. The summed E-state index contributed by atoms with van der Waals surface area (Å²) in [4.78, 5) is 8.54. The Labute approximate surface area is 180 Å². The van der Waals surface area contributed by atoms with E-state index in [0.29, 0.717) is 43.0 Å². The summed E-state index contributed by atoms with van der Waals surface area (Å²) in [7, 11) is 1.67. The van der Waals surface area contributed by atoms with Gasteiger partial charge in [-0.15, -0.1) is 0 Å². The highest BCUT2D eigenvalue weighted by Crippen LogP contribution is 2.31. The first-order valence-corrected chi connectivity index (χ1v) is 10.1. The van der Waals surface area contributed by atoms with E-state index in [4.69, 9.17) is 16.2 Å². The molecule has 0 bridgehead atoms. The first kappa shape index (κ1) is 22.5. The van der Waals surface area contributed by atoms with Crippen LogP contribution in [0.15, 0.2) is 59.0 Å². The number of aromatic nitrogens is 2. The minimum atomic E-state index is -0.352. The summed E-state index contributed by atoms with van der Waals surface area (Å²) in [6.45, 7) is 2.40. The molecule has 5 N–H and O–H groups in total. The molecule has 7 nitrogen and oxygen atoms in total. The van der Waals surface area contributed by atoms with E-state index in [0.717, 1.165) is 28.2 Å². The Balaban J connectivity index is 1.89. The maximum atomic E-state index is 14.1. The average Bonchev–Trinajstić information content (AvgIpc) is 3.19. The number of hydrogen-bond donors (Lipinski definition) is 3. The van der Waals surface area contributed by atoms with Crippen LogP contribution in [0.4, 0.5) is 4.39 Å². The third-order valence-corrected chi connectivity index (χ3v) is 5.18. The van der Waals surface area contributed by atoms with Crippen LogP contribution in [0.1, 0.15) is 19.0 Å². The lowest BCUT2D eigenvalue weighted by molar-refractivity contribution is 0.316. The van der Waals surface area contributed by atoms with Gasteiger partial charge in [-0.2, -0.15) is 0 Å². The zero-order valence-electron chi connectivity index (χ0n) is 17.8. The Hall–Kier alpha value is -3.23. The summed E-state index contributed by atoms with van der Waals surface area (Å²) in [5, 5.41) is 9.38. The lowest BCUT2D eigenvalue weighted by Gasteiger charge is -2.15. The van der Waals surface area contributed by atoms with Gasteiger partial charge in [0, 0.05) is 60.5 Å².